The quantitative estimate of drug-likeness (QED) is 0.527. The summed E-state index contributed by atoms with van der Waals surface area (Å²) in [5.74, 6) is -2.56. The molecule has 0 aliphatic heterocycles. The third-order valence-corrected chi connectivity index (χ3v) is 4.54. The topological polar surface area (TPSA) is 127 Å². The molecule has 0 heterocycles. The first-order chi connectivity index (χ1) is 8.07. The molecule has 0 saturated heterocycles. The van der Waals surface area contributed by atoms with Gasteiger partial charge in [0.1, 0.15) is 15.9 Å². The van der Waals surface area contributed by atoms with E-state index in [0.29, 0.717) is 0 Å². The zero-order valence-corrected chi connectivity index (χ0v) is 11.8. The molecule has 18 heavy (non-hydrogen) atoms. The lowest BCUT2D eigenvalue weighted by Gasteiger charge is -2.13. The molecule has 1 unspecified atom stereocenters. The zero-order valence-electron chi connectivity index (χ0n) is 10.1. The number of carboxylic acids is 1. The second-order valence-corrected chi connectivity index (χ2v) is 7.87. The molecule has 0 radical (unpaired) electrons. The lowest BCUT2D eigenvalue weighted by atomic mass is 10.2. The number of aliphatic carboxylic acids is 1. The van der Waals surface area contributed by atoms with Crippen LogP contribution in [0.4, 0.5) is 0 Å². The van der Waals surface area contributed by atoms with Crippen molar-refractivity contribution < 1.29 is 31.5 Å². The average molecular weight is 303 g/mol. The van der Waals surface area contributed by atoms with Crippen molar-refractivity contribution in [1.29, 1.82) is 0 Å². The highest BCUT2D eigenvalue weighted by Gasteiger charge is 2.24. The predicted octanol–water partition coefficient (Wildman–Crippen LogP) is -1.56. The second kappa shape index (κ2) is 7.02. The normalized spacial score (nSPS) is 14.3. The number of ether oxygens (including phenoxy) is 1. The molecule has 0 amide bonds. The van der Waals surface area contributed by atoms with Gasteiger partial charge in [0, 0.05) is 20.0 Å². The summed E-state index contributed by atoms with van der Waals surface area (Å²) in [4.78, 5) is 10.8. The standard InChI is InChI=1S/C8H17NO7S2/c1-16-4-3-7(8(10)11)9-18(14,15)6-5-17(2,12)13/h7,9H,3-6H2,1-2H3,(H,10,11). The first-order valence-electron chi connectivity index (χ1n) is 4.97. The molecule has 2 N–H and O–H groups in total. The van der Waals surface area contributed by atoms with E-state index >= 15 is 0 Å². The van der Waals surface area contributed by atoms with E-state index in [1.54, 1.807) is 0 Å². The molecule has 0 aliphatic rings. The van der Waals surface area contributed by atoms with Gasteiger partial charge in [0.05, 0.1) is 11.5 Å². The number of sulfonamides is 1. The molecular formula is C8H17NO7S2. The van der Waals surface area contributed by atoms with E-state index in [1.165, 1.54) is 7.11 Å². The van der Waals surface area contributed by atoms with Crippen LogP contribution in [-0.4, -0.2) is 65.4 Å². The molecule has 0 fully saturated rings. The third-order valence-electron chi connectivity index (χ3n) is 1.95. The Kier molecular flexibility index (Phi) is 6.74. The summed E-state index contributed by atoms with van der Waals surface area (Å²) in [6.45, 7) is 0.0750. The summed E-state index contributed by atoms with van der Waals surface area (Å²) in [6.07, 6.45) is 0.867. The fraction of sp³-hybridized carbons (Fsp3) is 0.875. The van der Waals surface area contributed by atoms with Crippen LogP contribution in [0.2, 0.25) is 0 Å². The molecule has 8 nitrogen and oxygen atoms in total. The highest BCUT2D eigenvalue weighted by atomic mass is 32.2. The largest absolute Gasteiger partial charge is 0.480 e. The Morgan fingerprint density at radius 3 is 2.22 bits per heavy atom. The van der Waals surface area contributed by atoms with Crippen molar-refractivity contribution in [2.45, 2.75) is 12.5 Å². The lowest BCUT2D eigenvalue weighted by Crippen LogP contribution is -2.43. The van der Waals surface area contributed by atoms with Crippen molar-refractivity contribution in [3.63, 3.8) is 0 Å². The van der Waals surface area contributed by atoms with Crippen LogP contribution in [0.1, 0.15) is 6.42 Å². The highest BCUT2D eigenvalue weighted by Crippen LogP contribution is 1.98. The summed E-state index contributed by atoms with van der Waals surface area (Å²) in [7, 11) is -6.02. The van der Waals surface area contributed by atoms with Crippen molar-refractivity contribution in [3.8, 4) is 0 Å². The van der Waals surface area contributed by atoms with Crippen LogP contribution in [-0.2, 0) is 29.4 Å². The monoisotopic (exact) mass is 303 g/mol. The summed E-state index contributed by atoms with van der Waals surface area (Å²) in [5.41, 5.74) is 0. The van der Waals surface area contributed by atoms with Crippen molar-refractivity contribution in [2.24, 2.45) is 0 Å². The van der Waals surface area contributed by atoms with Gasteiger partial charge in [-0.1, -0.05) is 0 Å². The van der Waals surface area contributed by atoms with Gasteiger partial charge in [-0.3, -0.25) is 4.79 Å². The maximum absolute atomic E-state index is 11.5. The van der Waals surface area contributed by atoms with E-state index in [1.807, 2.05) is 4.72 Å². The van der Waals surface area contributed by atoms with Crippen LogP contribution in [0.15, 0.2) is 0 Å². The first-order valence-corrected chi connectivity index (χ1v) is 8.68. The molecule has 1 atom stereocenters. The average Bonchev–Trinajstić information content (AvgIpc) is 2.20. The van der Waals surface area contributed by atoms with Gasteiger partial charge in [-0.2, -0.15) is 0 Å². The Bertz CT molecular complexity index is 468. The van der Waals surface area contributed by atoms with Gasteiger partial charge < -0.3 is 9.84 Å². The number of carboxylic acid groups (broad SMARTS) is 1. The van der Waals surface area contributed by atoms with Gasteiger partial charge in [0.15, 0.2) is 0 Å². The molecule has 0 aromatic carbocycles. The lowest BCUT2D eigenvalue weighted by molar-refractivity contribution is -0.139. The Labute approximate surface area is 106 Å². The van der Waals surface area contributed by atoms with Gasteiger partial charge in [0.25, 0.3) is 0 Å². The number of sulfone groups is 1. The van der Waals surface area contributed by atoms with Gasteiger partial charge in [0.2, 0.25) is 10.0 Å². The van der Waals surface area contributed by atoms with Gasteiger partial charge >= 0.3 is 5.97 Å². The third kappa shape index (κ3) is 8.39. The molecular weight excluding hydrogens is 286 g/mol. The molecule has 0 aromatic rings. The van der Waals surface area contributed by atoms with Gasteiger partial charge in [-0.25, -0.2) is 21.6 Å². The summed E-state index contributed by atoms with van der Waals surface area (Å²) in [5, 5.41) is 8.79. The Hall–Kier alpha value is -0.710. The maximum atomic E-state index is 11.5. The molecule has 0 rings (SSSR count). The number of carbonyl (C=O) groups is 1. The van der Waals surface area contributed by atoms with Crippen molar-refractivity contribution in [1.82, 2.24) is 4.72 Å². The molecule has 108 valence electrons. The second-order valence-electron chi connectivity index (χ2n) is 3.74. The Morgan fingerprint density at radius 2 is 1.83 bits per heavy atom. The number of nitrogens with one attached hydrogen (secondary N) is 1. The fourth-order valence-corrected chi connectivity index (χ4v) is 3.86. The number of hydrogen-bond acceptors (Lipinski definition) is 6. The SMILES string of the molecule is COCCC(NS(=O)(=O)CCS(C)(=O)=O)C(=O)O. The molecule has 0 aliphatic carbocycles. The minimum Gasteiger partial charge on any atom is -0.480 e. The number of rotatable bonds is 9. The van der Waals surface area contributed by atoms with Gasteiger partial charge in [-0.15, -0.1) is 0 Å². The van der Waals surface area contributed by atoms with E-state index in [4.69, 9.17) is 5.11 Å². The van der Waals surface area contributed by atoms with Crippen molar-refractivity contribution in [3.05, 3.63) is 0 Å². The Morgan fingerprint density at radius 1 is 1.28 bits per heavy atom. The van der Waals surface area contributed by atoms with E-state index < -0.39 is 43.4 Å². The van der Waals surface area contributed by atoms with Crippen LogP contribution in [0, 0.1) is 0 Å². The molecule has 0 aromatic heterocycles. The summed E-state index contributed by atoms with van der Waals surface area (Å²) >= 11 is 0. The molecule has 0 saturated carbocycles. The zero-order chi connectivity index (χ0) is 14.4. The minimum absolute atomic E-state index is 0.0378. The number of hydrogen-bond donors (Lipinski definition) is 2. The minimum atomic E-state index is -3.95. The van der Waals surface area contributed by atoms with E-state index in [2.05, 4.69) is 4.74 Å². The maximum Gasteiger partial charge on any atom is 0.321 e. The summed E-state index contributed by atoms with van der Waals surface area (Å²) < 4.78 is 51.2. The first kappa shape index (κ1) is 17.3. The number of methoxy groups -OCH3 is 1. The van der Waals surface area contributed by atoms with Crippen LogP contribution in [0.5, 0.6) is 0 Å². The summed E-state index contributed by atoms with van der Waals surface area (Å²) in [6, 6.07) is -1.32. The van der Waals surface area contributed by atoms with E-state index in [-0.39, 0.29) is 13.0 Å². The van der Waals surface area contributed by atoms with Crippen molar-refractivity contribution >= 4 is 25.8 Å². The molecule has 0 spiro atoms. The van der Waals surface area contributed by atoms with E-state index in [0.717, 1.165) is 6.26 Å². The van der Waals surface area contributed by atoms with Gasteiger partial charge in [-0.05, 0) is 6.42 Å². The predicted molar refractivity (Wildman–Crippen MR) is 64.6 cm³/mol. The Balaban J connectivity index is 4.56. The van der Waals surface area contributed by atoms with Crippen LogP contribution in [0.25, 0.3) is 0 Å². The van der Waals surface area contributed by atoms with Crippen LogP contribution in [0.3, 0.4) is 0 Å². The van der Waals surface area contributed by atoms with Crippen LogP contribution < -0.4 is 4.72 Å². The fourth-order valence-electron chi connectivity index (χ4n) is 1.01. The van der Waals surface area contributed by atoms with Crippen molar-refractivity contribution in [2.75, 3.05) is 31.5 Å². The van der Waals surface area contributed by atoms with Crippen LogP contribution >= 0.6 is 0 Å². The molecule has 0 bridgehead atoms. The highest BCUT2D eigenvalue weighted by molar-refractivity contribution is 7.93. The van der Waals surface area contributed by atoms with E-state index in [9.17, 15) is 21.6 Å². The smallest absolute Gasteiger partial charge is 0.321 e. The molecule has 10 heteroatoms.